The largest absolute Gasteiger partial charge is 0.507 e. The van der Waals surface area contributed by atoms with Crippen molar-refractivity contribution in [2.45, 2.75) is 26.3 Å². The Morgan fingerprint density at radius 1 is 1.37 bits per heavy atom. The molecule has 0 spiro atoms. The van der Waals surface area contributed by atoms with Crippen LogP contribution < -0.4 is 0 Å². The molecular formula is C13H16ClNO4. The Balaban J connectivity index is 2.95. The monoisotopic (exact) mass is 285 g/mol. The van der Waals surface area contributed by atoms with E-state index in [1.807, 2.05) is 0 Å². The highest BCUT2D eigenvalue weighted by Gasteiger charge is 2.22. The van der Waals surface area contributed by atoms with E-state index in [1.54, 1.807) is 13.8 Å². The van der Waals surface area contributed by atoms with E-state index in [9.17, 15) is 14.7 Å². The first kappa shape index (κ1) is 15.3. The van der Waals surface area contributed by atoms with Gasteiger partial charge < -0.3 is 15.1 Å². The van der Waals surface area contributed by atoms with Crippen molar-refractivity contribution >= 4 is 23.5 Å². The SMILES string of the molecule is CC(C)N(CCC(=O)O)C(=O)c1ccc(Cl)cc1O. The van der Waals surface area contributed by atoms with E-state index in [-0.39, 0.29) is 30.3 Å². The van der Waals surface area contributed by atoms with Gasteiger partial charge in [0.2, 0.25) is 0 Å². The van der Waals surface area contributed by atoms with Gasteiger partial charge in [-0.05, 0) is 32.0 Å². The van der Waals surface area contributed by atoms with E-state index in [0.29, 0.717) is 5.02 Å². The number of halogens is 1. The molecule has 0 aliphatic heterocycles. The molecule has 1 aromatic rings. The maximum Gasteiger partial charge on any atom is 0.305 e. The Morgan fingerprint density at radius 3 is 2.47 bits per heavy atom. The average molecular weight is 286 g/mol. The maximum absolute atomic E-state index is 12.3. The van der Waals surface area contributed by atoms with Crippen LogP contribution in [0.2, 0.25) is 5.02 Å². The molecule has 0 aliphatic rings. The molecule has 104 valence electrons. The van der Waals surface area contributed by atoms with E-state index >= 15 is 0 Å². The van der Waals surface area contributed by atoms with Crippen molar-refractivity contribution in [2.75, 3.05) is 6.54 Å². The highest BCUT2D eigenvalue weighted by Crippen LogP contribution is 2.24. The van der Waals surface area contributed by atoms with Crippen LogP contribution in [0.5, 0.6) is 5.75 Å². The smallest absolute Gasteiger partial charge is 0.305 e. The summed E-state index contributed by atoms with van der Waals surface area (Å²) < 4.78 is 0. The van der Waals surface area contributed by atoms with E-state index in [0.717, 1.165) is 0 Å². The van der Waals surface area contributed by atoms with Gasteiger partial charge in [0.05, 0.1) is 12.0 Å². The van der Waals surface area contributed by atoms with Gasteiger partial charge in [0, 0.05) is 17.6 Å². The molecular weight excluding hydrogens is 270 g/mol. The zero-order valence-corrected chi connectivity index (χ0v) is 11.5. The fourth-order valence-electron chi connectivity index (χ4n) is 1.65. The van der Waals surface area contributed by atoms with Crippen LogP contribution >= 0.6 is 11.6 Å². The van der Waals surface area contributed by atoms with Crippen LogP contribution in [-0.2, 0) is 4.79 Å². The summed E-state index contributed by atoms with van der Waals surface area (Å²) in [7, 11) is 0. The number of rotatable bonds is 5. The number of hydrogen-bond donors (Lipinski definition) is 2. The highest BCUT2D eigenvalue weighted by molar-refractivity contribution is 6.30. The number of amides is 1. The van der Waals surface area contributed by atoms with Gasteiger partial charge in [-0.3, -0.25) is 9.59 Å². The molecule has 6 heteroatoms. The summed E-state index contributed by atoms with van der Waals surface area (Å²) in [5.74, 6) is -1.59. The van der Waals surface area contributed by atoms with Crippen LogP contribution in [0, 0.1) is 0 Å². The Kier molecular flexibility index (Phi) is 5.18. The van der Waals surface area contributed by atoms with Crippen molar-refractivity contribution < 1.29 is 19.8 Å². The molecule has 0 aromatic heterocycles. The lowest BCUT2D eigenvalue weighted by Crippen LogP contribution is -2.38. The third kappa shape index (κ3) is 4.13. The summed E-state index contributed by atoms with van der Waals surface area (Å²) in [5.41, 5.74) is 0.114. The summed E-state index contributed by atoms with van der Waals surface area (Å²) in [4.78, 5) is 24.3. The molecule has 19 heavy (non-hydrogen) atoms. The van der Waals surface area contributed by atoms with Crippen molar-refractivity contribution in [2.24, 2.45) is 0 Å². The second-order valence-corrected chi connectivity index (χ2v) is 4.83. The minimum atomic E-state index is -0.973. The topological polar surface area (TPSA) is 77.8 Å². The first-order valence-electron chi connectivity index (χ1n) is 5.84. The van der Waals surface area contributed by atoms with Crippen molar-refractivity contribution in [3.05, 3.63) is 28.8 Å². The number of aromatic hydroxyl groups is 1. The Bertz CT molecular complexity index is 488. The molecule has 0 fully saturated rings. The van der Waals surface area contributed by atoms with Gasteiger partial charge in [0.15, 0.2) is 0 Å². The fourth-order valence-corrected chi connectivity index (χ4v) is 1.82. The van der Waals surface area contributed by atoms with Crippen LogP contribution in [0.15, 0.2) is 18.2 Å². The van der Waals surface area contributed by atoms with Crippen LogP contribution in [0.4, 0.5) is 0 Å². The van der Waals surface area contributed by atoms with Gasteiger partial charge in [0.1, 0.15) is 5.75 Å². The molecule has 0 unspecified atom stereocenters. The molecule has 0 saturated heterocycles. The Labute approximate surface area is 116 Å². The Morgan fingerprint density at radius 2 is 2.00 bits per heavy atom. The van der Waals surface area contributed by atoms with Crippen LogP contribution in [0.3, 0.4) is 0 Å². The van der Waals surface area contributed by atoms with Gasteiger partial charge in [-0.1, -0.05) is 11.6 Å². The summed E-state index contributed by atoms with van der Waals surface area (Å²) in [5, 5.41) is 18.7. The highest BCUT2D eigenvalue weighted by atomic mass is 35.5. The summed E-state index contributed by atoms with van der Waals surface area (Å²) in [6, 6.07) is 4.05. The molecule has 1 rings (SSSR count). The molecule has 2 N–H and O–H groups in total. The first-order valence-corrected chi connectivity index (χ1v) is 6.22. The number of aliphatic carboxylic acids is 1. The normalized spacial score (nSPS) is 10.5. The van der Waals surface area contributed by atoms with Gasteiger partial charge >= 0.3 is 5.97 Å². The summed E-state index contributed by atoms with van der Waals surface area (Å²) in [6.45, 7) is 3.66. The molecule has 0 heterocycles. The number of phenolic OH excluding ortho intramolecular Hbond substituents is 1. The molecule has 0 saturated carbocycles. The number of carbonyl (C=O) groups is 2. The Hall–Kier alpha value is -1.75. The predicted octanol–water partition coefficient (Wildman–Crippen LogP) is 2.37. The van der Waals surface area contributed by atoms with Crippen molar-refractivity contribution in [1.82, 2.24) is 4.90 Å². The standard InChI is InChI=1S/C13H16ClNO4/c1-8(2)15(6-5-12(17)18)13(19)10-4-3-9(14)7-11(10)16/h3-4,7-8,16H,5-6H2,1-2H3,(H,17,18). The number of nitrogens with zero attached hydrogens (tertiary/aromatic N) is 1. The molecule has 5 nitrogen and oxygen atoms in total. The molecule has 0 radical (unpaired) electrons. The van der Waals surface area contributed by atoms with Crippen molar-refractivity contribution in [3.8, 4) is 5.75 Å². The quantitative estimate of drug-likeness (QED) is 0.870. The lowest BCUT2D eigenvalue weighted by Gasteiger charge is -2.26. The van der Waals surface area contributed by atoms with Crippen LogP contribution in [0.1, 0.15) is 30.6 Å². The van der Waals surface area contributed by atoms with Crippen LogP contribution in [-0.4, -0.2) is 39.6 Å². The van der Waals surface area contributed by atoms with Gasteiger partial charge in [0.25, 0.3) is 5.91 Å². The lowest BCUT2D eigenvalue weighted by atomic mass is 10.1. The zero-order valence-electron chi connectivity index (χ0n) is 10.8. The number of benzene rings is 1. The number of hydrogen-bond acceptors (Lipinski definition) is 3. The predicted molar refractivity (Wildman–Crippen MR) is 71.5 cm³/mol. The fraction of sp³-hybridized carbons (Fsp3) is 0.385. The summed E-state index contributed by atoms with van der Waals surface area (Å²) >= 11 is 5.70. The van der Waals surface area contributed by atoms with Crippen molar-refractivity contribution in [1.29, 1.82) is 0 Å². The third-order valence-electron chi connectivity index (χ3n) is 2.64. The number of carbonyl (C=O) groups excluding carboxylic acids is 1. The van der Waals surface area contributed by atoms with Crippen LogP contribution in [0.25, 0.3) is 0 Å². The molecule has 0 atom stereocenters. The minimum Gasteiger partial charge on any atom is -0.507 e. The van der Waals surface area contributed by atoms with Gasteiger partial charge in [-0.15, -0.1) is 0 Å². The molecule has 0 bridgehead atoms. The van der Waals surface area contributed by atoms with E-state index in [4.69, 9.17) is 16.7 Å². The molecule has 0 aliphatic carbocycles. The van der Waals surface area contributed by atoms with Gasteiger partial charge in [-0.25, -0.2) is 0 Å². The third-order valence-corrected chi connectivity index (χ3v) is 2.88. The molecule has 1 amide bonds. The number of carboxylic acid groups (broad SMARTS) is 1. The second kappa shape index (κ2) is 6.43. The number of phenols is 1. The van der Waals surface area contributed by atoms with Crippen molar-refractivity contribution in [3.63, 3.8) is 0 Å². The minimum absolute atomic E-state index is 0.0912. The first-order chi connectivity index (χ1) is 8.82. The average Bonchev–Trinajstić information content (AvgIpc) is 2.27. The molecule has 1 aromatic carbocycles. The lowest BCUT2D eigenvalue weighted by molar-refractivity contribution is -0.137. The second-order valence-electron chi connectivity index (χ2n) is 4.40. The maximum atomic E-state index is 12.3. The van der Waals surface area contributed by atoms with E-state index in [1.165, 1.54) is 23.1 Å². The van der Waals surface area contributed by atoms with E-state index < -0.39 is 11.9 Å². The number of carboxylic acids is 1. The van der Waals surface area contributed by atoms with E-state index in [2.05, 4.69) is 0 Å². The van der Waals surface area contributed by atoms with Gasteiger partial charge in [-0.2, -0.15) is 0 Å². The zero-order chi connectivity index (χ0) is 14.6. The summed E-state index contributed by atoms with van der Waals surface area (Å²) in [6.07, 6.45) is -0.141.